The molecule has 21 heteroatoms. The van der Waals surface area contributed by atoms with Crippen molar-refractivity contribution in [2.75, 3.05) is 13.7 Å². The highest BCUT2D eigenvalue weighted by Crippen LogP contribution is 2.50. The maximum atomic E-state index is 14.0. The van der Waals surface area contributed by atoms with Crippen LogP contribution in [0.25, 0.3) is 0 Å². The van der Waals surface area contributed by atoms with Crippen molar-refractivity contribution >= 4 is 78.0 Å². The van der Waals surface area contributed by atoms with Crippen molar-refractivity contribution in [1.29, 1.82) is 0 Å². The number of phenols is 1. The molecule has 0 aliphatic carbocycles. The number of amides is 3. The maximum absolute atomic E-state index is 14.0. The van der Waals surface area contributed by atoms with Crippen LogP contribution in [-0.4, -0.2) is 96.2 Å². The van der Waals surface area contributed by atoms with E-state index in [-0.39, 0.29) is 60.9 Å². The number of halogens is 2. The maximum Gasteiger partial charge on any atom is 0.408 e. The molecule has 1 heterocycles. The summed E-state index contributed by atoms with van der Waals surface area (Å²) < 4.78 is 49.8. The van der Waals surface area contributed by atoms with Crippen LogP contribution < -0.4 is 19.2 Å². The zero-order valence-electron chi connectivity index (χ0n) is 49.4. The van der Waals surface area contributed by atoms with E-state index in [1.807, 2.05) is 67.7 Å². The number of methoxy groups -OCH3 is 1. The lowest BCUT2D eigenvalue weighted by molar-refractivity contribution is -0.149. The molecule has 3 amide bonds. The van der Waals surface area contributed by atoms with Crippen LogP contribution in [0.15, 0.2) is 72.8 Å². The number of fused-ring (bicyclic) bond motifs is 1. The molecule has 4 aromatic rings. The number of aromatic hydroxyl groups is 1. The van der Waals surface area contributed by atoms with Crippen LogP contribution in [0.4, 0.5) is 4.79 Å². The number of alkyl carbamates (subject to hydrolysis) is 1. The van der Waals surface area contributed by atoms with Gasteiger partial charge in [-0.3, -0.25) is 14.5 Å². The van der Waals surface area contributed by atoms with Gasteiger partial charge in [-0.2, -0.15) is 0 Å². The number of esters is 2. The number of nitrogens with one attached hydrogen (secondary N) is 1. The first-order valence-electron chi connectivity index (χ1n) is 26.2. The number of nitrogens with zero attached hydrogens (tertiary/aromatic N) is 1. The Morgan fingerprint density at radius 1 is 0.620 bits per heavy atom. The molecule has 5 rings (SSSR count). The Hall–Kier alpha value is -5.42. The first-order valence-corrected chi connectivity index (χ1v) is 35.7. The number of carbonyl (C=O) groups is 5. The Kier molecular flexibility index (Phi) is 19.5. The van der Waals surface area contributed by atoms with Gasteiger partial charge in [0, 0.05) is 12.1 Å². The van der Waals surface area contributed by atoms with Gasteiger partial charge in [-0.15, -0.1) is 0 Å². The highest BCUT2D eigenvalue weighted by Gasteiger charge is 2.51. The number of carbonyl (C=O) groups excluding carboxylic acids is 5. The van der Waals surface area contributed by atoms with Gasteiger partial charge in [0.25, 0.3) is 11.8 Å². The van der Waals surface area contributed by atoms with Crippen molar-refractivity contribution in [2.24, 2.45) is 0 Å². The Labute approximate surface area is 479 Å². The van der Waals surface area contributed by atoms with Gasteiger partial charge in [-0.05, 0) is 130 Å². The van der Waals surface area contributed by atoms with Gasteiger partial charge in [-0.1, -0.05) is 110 Å². The van der Waals surface area contributed by atoms with Gasteiger partial charge in [0.1, 0.15) is 35.1 Å². The average Bonchev–Trinajstić information content (AvgIpc) is 3.59. The molecule has 1 aliphatic heterocycles. The van der Waals surface area contributed by atoms with Crippen molar-refractivity contribution < 1.29 is 66.0 Å². The van der Waals surface area contributed by atoms with Gasteiger partial charge in [0.05, 0.1) is 34.9 Å². The molecule has 432 valence electrons. The zero-order valence-corrected chi connectivity index (χ0v) is 53.9. The molecule has 0 spiro atoms. The summed E-state index contributed by atoms with van der Waals surface area (Å²) in [5.74, 6) is -3.21. The number of benzene rings is 4. The second kappa shape index (κ2) is 24.0. The van der Waals surface area contributed by atoms with E-state index in [0.29, 0.717) is 16.9 Å². The fraction of sp³-hybridized carbons (Fsp3) is 0.500. The van der Waals surface area contributed by atoms with E-state index in [1.165, 1.54) is 43.5 Å². The van der Waals surface area contributed by atoms with Gasteiger partial charge in [0.15, 0.2) is 40.2 Å². The van der Waals surface area contributed by atoms with Crippen LogP contribution in [0.5, 0.6) is 34.5 Å². The fourth-order valence-corrected chi connectivity index (χ4v) is 11.5. The highest BCUT2D eigenvalue weighted by atomic mass is 35.5. The van der Waals surface area contributed by atoms with E-state index in [9.17, 15) is 29.1 Å². The highest BCUT2D eigenvalue weighted by molar-refractivity contribution is 6.75. The third kappa shape index (κ3) is 14.9. The lowest BCUT2D eigenvalue weighted by atomic mass is 10.0. The van der Waals surface area contributed by atoms with E-state index >= 15 is 0 Å². The standard InChI is InChI=1S/C58H80Cl2N2O14Si3/c1-21-70-52(66)45(61-54(68)73-55(2,3)4)48(75-78(17,18)57(8,9)10)34-26-28-41(39(59)30-34)71-43-32-36(74-77(15,16)56(5,6)7)33-44(47(43)63)72-42-29-27-35(31-40(42)60)49(76-79(19,20)58(11,12)13)46(53(67)69-14)62-50(64)37-24-22-23-25-38(37)51(62)65/h22-33,45-46,48-49,63H,21H2,1-20H3,(H,61,68)/t45-,46+,48-,49-/m1/s1. The summed E-state index contributed by atoms with van der Waals surface area (Å²) in [6.07, 6.45) is -3.20. The molecular formula is C58H80Cl2N2O14Si3. The predicted octanol–water partition coefficient (Wildman–Crippen LogP) is 15.1. The lowest BCUT2D eigenvalue weighted by Gasteiger charge is -2.42. The molecule has 0 fully saturated rings. The predicted molar refractivity (Wildman–Crippen MR) is 314 cm³/mol. The molecular weight excluding hydrogens is 1100 g/mol. The second-order valence-electron chi connectivity index (χ2n) is 25.2. The Balaban J connectivity index is 1.62. The second-order valence-corrected chi connectivity index (χ2v) is 40.2. The molecule has 0 unspecified atom stereocenters. The zero-order chi connectivity index (χ0) is 59.8. The summed E-state index contributed by atoms with van der Waals surface area (Å²) in [5.41, 5.74) is 0.158. The summed E-state index contributed by atoms with van der Waals surface area (Å²) in [4.78, 5) is 70.0. The quantitative estimate of drug-likeness (QED) is 0.0389. The molecule has 4 aromatic carbocycles. The topological polar surface area (TPSA) is 195 Å². The van der Waals surface area contributed by atoms with Gasteiger partial charge >= 0.3 is 18.0 Å². The normalized spacial score (nSPS) is 15.1. The smallest absolute Gasteiger partial charge is 0.408 e. The third-order valence-electron chi connectivity index (χ3n) is 15.0. The van der Waals surface area contributed by atoms with Crippen molar-refractivity contribution in [3.05, 3.63) is 105 Å². The Morgan fingerprint density at radius 2 is 1.05 bits per heavy atom. The number of imide groups is 1. The molecule has 0 bridgehead atoms. The summed E-state index contributed by atoms with van der Waals surface area (Å²) >= 11 is 14.2. The van der Waals surface area contributed by atoms with E-state index in [1.54, 1.807) is 64.1 Å². The number of phenolic OH excluding ortho intramolecular Hbond substituents is 1. The lowest BCUT2D eigenvalue weighted by Crippen LogP contribution is -2.53. The molecule has 79 heavy (non-hydrogen) atoms. The Bertz CT molecular complexity index is 2900. The number of hydrogen-bond donors (Lipinski definition) is 2. The van der Waals surface area contributed by atoms with Crippen molar-refractivity contribution in [1.82, 2.24) is 10.2 Å². The minimum atomic E-state index is -2.82. The van der Waals surface area contributed by atoms with Gasteiger partial charge in [-0.25, -0.2) is 14.4 Å². The number of ether oxygens (including phenoxy) is 5. The summed E-state index contributed by atoms with van der Waals surface area (Å²) in [5, 5.41) is 13.9. The van der Waals surface area contributed by atoms with Crippen molar-refractivity contribution in [2.45, 2.75) is 174 Å². The Morgan fingerprint density at radius 3 is 1.44 bits per heavy atom. The van der Waals surface area contributed by atoms with E-state index in [2.05, 4.69) is 39.2 Å². The van der Waals surface area contributed by atoms with Gasteiger partial charge in [0.2, 0.25) is 14.1 Å². The fourth-order valence-electron chi connectivity index (χ4n) is 7.51. The number of rotatable bonds is 19. The molecule has 0 aromatic heterocycles. The summed E-state index contributed by atoms with van der Waals surface area (Å²) in [6.45, 7) is 37.4. The van der Waals surface area contributed by atoms with E-state index in [0.717, 1.165) is 4.90 Å². The van der Waals surface area contributed by atoms with Crippen LogP contribution in [-0.2, 0) is 32.7 Å². The van der Waals surface area contributed by atoms with Crippen LogP contribution in [0, 0.1) is 0 Å². The third-order valence-corrected chi connectivity index (χ3v) is 28.9. The first-order chi connectivity index (χ1) is 36.1. The van der Waals surface area contributed by atoms with E-state index in [4.69, 9.17) is 60.2 Å². The number of hydrogen-bond acceptors (Lipinski definition) is 14. The van der Waals surface area contributed by atoms with Crippen LogP contribution in [0.1, 0.15) is 134 Å². The minimum absolute atomic E-state index is 0.0141. The van der Waals surface area contributed by atoms with Crippen molar-refractivity contribution in [3.63, 3.8) is 0 Å². The molecule has 1 aliphatic rings. The van der Waals surface area contributed by atoms with Crippen LogP contribution in [0.3, 0.4) is 0 Å². The SMILES string of the molecule is CCOC(=O)[C@H](NC(=O)OC(C)(C)C)[C@H](O[Si](C)(C)C(C)(C)C)c1ccc(Oc2cc(O[Si](C)(C)C(C)(C)C)cc(Oc3ccc([C@@H](O[Si](C)(C)C(C)(C)C)[C@@H](C(=O)OC)N4C(=O)c5ccccc5C4=O)cc3Cl)c2O)c(Cl)c1. The molecule has 0 saturated heterocycles. The molecule has 2 N–H and O–H groups in total. The average molecular weight is 1180 g/mol. The van der Waals surface area contributed by atoms with E-state index < -0.39 is 95.5 Å². The largest absolute Gasteiger partial charge is 0.543 e. The molecule has 0 saturated carbocycles. The molecule has 0 radical (unpaired) electrons. The molecule has 4 atom stereocenters. The monoisotopic (exact) mass is 1180 g/mol. The van der Waals surface area contributed by atoms with Crippen molar-refractivity contribution in [3.8, 4) is 34.5 Å². The van der Waals surface area contributed by atoms with Gasteiger partial charge < -0.3 is 47.4 Å². The molecule has 16 nitrogen and oxygen atoms in total. The first kappa shape index (κ1) is 64.4. The summed E-state index contributed by atoms with van der Waals surface area (Å²) in [7, 11) is -6.93. The summed E-state index contributed by atoms with van der Waals surface area (Å²) in [6, 6.07) is 15.9. The van der Waals surface area contributed by atoms with Crippen LogP contribution >= 0.6 is 23.2 Å². The van der Waals surface area contributed by atoms with Crippen LogP contribution in [0.2, 0.25) is 64.4 Å². The minimum Gasteiger partial charge on any atom is -0.543 e.